The first kappa shape index (κ1) is 16.9. The molecule has 1 aliphatic carbocycles. The van der Waals surface area contributed by atoms with Crippen LogP contribution in [0.2, 0.25) is 0 Å². The van der Waals surface area contributed by atoms with Crippen molar-refractivity contribution in [3.63, 3.8) is 0 Å². The summed E-state index contributed by atoms with van der Waals surface area (Å²) >= 11 is 1.60. The number of nitrogens with one attached hydrogen (secondary N) is 1. The van der Waals surface area contributed by atoms with Crippen molar-refractivity contribution in [1.29, 1.82) is 0 Å². The van der Waals surface area contributed by atoms with E-state index in [0.29, 0.717) is 13.0 Å². The Labute approximate surface area is 143 Å². The number of thioether (sulfide) groups is 1. The lowest BCUT2D eigenvalue weighted by Gasteiger charge is -2.24. The Balaban J connectivity index is 1.56. The minimum absolute atomic E-state index is 0.206. The molecule has 0 radical (unpaired) electrons. The molecule has 0 bridgehead atoms. The molecule has 9 nitrogen and oxygen atoms in total. The number of aromatic carboxylic acids is 1. The highest BCUT2D eigenvalue weighted by Crippen LogP contribution is 2.25. The standard InChI is InChI=1S/C14H21N7O2S/c1-3-21-11-5-4-9(8-10(11)12(17-21)13(22)23)15-6-7-24-14-16-18-19-20(14)2/h9,15H,3-8H2,1-2H3,(H,22,23)/t9-/m0/s1. The van der Waals surface area contributed by atoms with Gasteiger partial charge in [0.1, 0.15) is 0 Å². The molecule has 1 aliphatic rings. The third-order valence-electron chi connectivity index (χ3n) is 4.20. The molecule has 2 heterocycles. The van der Waals surface area contributed by atoms with Crippen LogP contribution in [0.25, 0.3) is 0 Å². The number of fused-ring (bicyclic) bond motifs is 1. The molecule has 130 valence electrons. The summed E-state index contributed by atoms with van der Waals surface area (Å²) in [5.74, 6) is -0.0816. The van der Waals surface area contributed by atoms with E-state index >= 15 is 0 Å². The Morgan fingerprint density at radius 2 is 2.33 bits per heavy atom. The van der Waals surface area contributed by atoms with E-state index in [1.165, 1.54) is 0 Å². The van der Waals surface area contributed by atoms with Gasteiger partial charge in [0.25, 0.3) is 0 Å². The van der Waals surface area contributed by atoms with Gasteiger partial charge in [-0.2, -0.15) is 5.10 Å². The van der Waals surface area contributed by atoms with Gasteiger partial charge in [0, 0.05) is 43.2 Å². The summed E-state index contributed by atoms with van der Waals surface area (Å²) < 4.78 is 3.47. The quantitative estimate of drug-likeness (QED) is 0.543. The molecule has 3 rings (SSSR count). The molecule has 2 aromatic rings. The Bertz CT molecular complexity index is 727. The van der Waals surface area contributed by atoms with Crippen LogP contribution < -0.4 is 5.32 Å². The first-order valence-corrected chi connectivity index (χ1v) is 8.99. The Kier molecular flexibility index (Phi) is 5.14. The average Bonchev–Trinajstić information content (AvgIpc) is 3.14. The maximum absolute atomic E-state index is 11.4. The van der Waals surface area contributed by atoms with Crippen LogP contribution in [0, 0.1) is 0 Å². The first-order valence-electron chi connectivity index (χ1n) is 8.00. The summed E-state index contributed by atoms with van der Waals surface area (Å²) in [6, 6.07) is 0.281. The number of nitrogens with zero attached hydrogens (tertiary/aromatic N) is 6. The van der Waals surface area contributed by atoms with E-state index < -0.39 is 5.97 Å². The highest BCUT2D eigenvalue weighted by Gasteiger charge is 2.28. The summed E-state index contributed by atoms with van der Waals surface area (Å²) in [4.78, 5) is 11.4. The fraction of sp³-hybridized carbons (Fsp3) is 0.643. The lowest BCUT2D eigenvalue weighted by molar-refractivity contribution is 0.0688. The molecule has 0 unspecified atom stereocenters. The van der Waals surface area contributed by atoms with Crippen molar-refractivity contribution in [1.82, 2.24) is 35.3 Å². The van der Waals surface area contributed by atoms with Crippen LogP contribution in [-0.2, 0) is 26.4 Å². The summed E-state index contributed by atoms with van der Waals surface area (Å²) in [5.41, 5.74) is 2.17. The number of carbonyl (C=O) groups is 1. The number of hydrogen-bond donors (Lipinski definition) is 2. The molecule has 2 N–H and O–H groups in total. The average molecular weight is 351 g/mol. The zero-order valence-corrected chi connectivity index (χ0v) is 14.6. The fourth-order valence-corrected chi connectivity index (χ4v) is 3.76. The molecule has 2 aromatic heterocycles. The molecule has 0 aromatic carbocycles. The molecule has 0 spiro atoms. The molecule has 24 heavy (non-hydrogen) atoms. The predicted molar refractivity (Wildman–Crippen MR) is 88.2 cm³/mol. The van der Waals surface area contributed by atoms with Gasteiger partial charge in [0.05, 0.1) is 0 Å². The van der Waals surface area contributed by atoms with E-state index in [0.717, 1.165) is 41.6 Å². The first-order chi connectivity index (χ1) is 11.6. The van der Waals surface area contributed by atoms with E-state index in [-0.39, 0.29) is 11.7 Å². The molecule has 10 heteroatoms. The molecule has 0 fully saturated rings. The van der Waals surface area contributed by atoms with Gasteiger partial charge in [-0.3, -0.25) is 4.68 Å². The topological polar surface area (TPSA) is 111 Å². The summed E-state index contributed by atoms with van der Waals surface area (Å²) in [5, 5.41) is 29.2. The van der Waals surface area contributed by atoms with Crippen LogP contribution in [-0.4, -0.2) is 59.4 Å². The Morgan fingerprint density at radius 1 is 1.50 bits per heavy atom. The molecule has 0 saturated heterocycles. The number of carboxylic acids is 1. The number of aromatic nitrogens is 6. The van der Waals surface area contributed by atoms with Crippen LogP contribution in [0.4, 0.5) is 0 Å². The lowest BCUT2D eigenvalue weighted by atomic mass is 9.91. The second kappa shape index (κ2) is 7.31. The summed E-state index contributed by atoms with van der Waals surface area (Å²) in [6.45, 7) is 3.51. The van der Waals surface area contributed by atoms with Gasteiger partial charge in [-0.1, -0.05) is 11.8 Å². The van der Waals surface area contributed by atoms with E-state index in [1.54, 1.807) is 16.4 Å². The number of carboxylic acid groups (broad SMARTS) is 1. The van der Waals surface area contributed by atoms with Crippen molar-refractivity contribution in [2.45, 2.75) is 43.9 Å². The number of rotatable bonds is 7. The Morgan fingerprint density at radius 3 is 3.00 bits per heavy atom. The van der Waals surface area contributed by atoms with E-state index in [4.69, 9.17) is 0 Å². The third-order valence-corrected chi connectivity index (χ3v) is 5.21. The second-order valence-corrected chi connectivity index (χ2v) is 6.78. The SMILES string of the molecule is CCn1nc(C(=O)O)c2c1CC[C@H](NCCSc1nnnn1C)C2. The smallest absolute Gasteiger partial charge is 0.356 e. The Hall–Kier alpha value is -1.94. The van der Waals surface area contributed by atoms with Crippen molar-refractivity contribution in [3.05, 3.63) is 17.0 Å². The highest BCUT2D eigenvalue weighted by atomic mass is 32.2. The van der Waals surface area contributed by atoms with Crippen LogP contribution in [0.15, 0.2) is 5.16 Å². The number of tetrazole rings is 1. The maximum atomic E-state index is 11.4. The van der Waals surface area contributed by atoms with Crippen molar-refractivity contribution in [2.75, 3.05) is 12.3 Å². The van der Waals surface area contributed by atoms with Gasteiger partial charge in [-0.25, -0.2) is 9.48 Å². The second-order valence-electron chi connectivity index (χ2n) is 5.72. The van der Waals surface area contributed by atoms with E-state index in [1.807, 2.05) is 18.7 Å². The minimum Gasteiger partial charge on any atom is -0.476 e. The molecule has 0 saturated carbocycles. The van der Waals surface area contributed by atoms with Crippen LogP contribution in [0.5, 0.6) is 0 Å². The molecule has 0 aliphatic heterocycles. The fourth-order valence-electron chi connectivity index (χ4n) is 3.04. The van der Waals surface area contributed by atoms with Crippen LogP contribution in [0.1, 0.15) is 35.1 Å². The minimum atomic E-state index is -0.940. The van der Waals surface area contributed by atoms with Crippen molar-refractivity contribution >= 4 is 17.7 Å². The zero-order valence-electron chi connectivity index (χ0n) is 13.8. The molecule has 0 amide bonds. The van der Waals surface area contributed by atoms with Gasteiger partial charge in [0.2, 0.25) is 5.16 Å². The monoisotopic (exact) mass is 351 g/mol. The summed E-state index contributed by atoms with van der Waals surface area (Å²) in [6.07, 6.45) is 2.57. The van der Waals surface area contributed by atoms with Crippen molar-refractivity contribution < 1.29 is 9.90 Å². The maximum Gasteiger partial charge on any atom is 0.356 e. The molecular formula is C14H21N7O2S. The van der Waals surface area contributed by atoms with Gasteiger partial charge in [0.15, 0.2) is 5.69 Å². The predicted octanol–water partition coefficient (Wildman–Crippen LogP) is 0.364. The highest BCUT2D eigenvalue weighted by molar-refractivity contribution is 7.99. The zero-order chi connectivity index (χ0) is 17.1. The largest absolute Gasteiger partial charge is 0.476 e. The van der Waals surface area contributed by atoms with Crippen LogP contribution in [0.3, 0.4) is 0 Å². The van der Waals surface area contributed by atoms with Gasteiger partial charge in [-0.05, 0) is 36.6 Å². The van der Waals surface area contributed by atoms with Gasteiger partial charge in [-0.15, -0.1) is 5.10 Å². The third kappa shape index (κ3) is 3.44. The van der Waals surface area contributed by atoms with Gasteiger partial charge >= 0.3 is 5.97 Å². The van der Waals surface area contributed by atoms with Crippen LogP contribution >= 0.6 is 11.8 Å². The summed E-state index contributed by atoms with van der Waals surface area (Å²) in [7, 11) is 1.82. The normalized spacial score (nSPS) is 17.0. The molecule has 1 atom stereocenters. The van der Waals surface area contributed by atoms with Crippen molar-refractivity contribution in [3.8, 4) is 0 Å². The van der Waals surface area contributed by atoms with Crippen molar-refractivity contribution in [2.24, 2.45) is 7.05 Å². The number of hydrogen-bond acceptors (Lipinski definition) is 7. The number of aryl methyl sites for hydroxylation is 2. The van der Waals surface area contributed by atoms with Gasteiger partial charge < -0.3 is 10.4 Å². The molecular weight excluding hydrogens is 330 g/mol. The van der Waals surface area contributed by atoms with E-state index in [9.17, 15) is 9.90 Å². The van der Waals surface area contributed by atoms with E-state index in [2.05, 4.69) is 25.9 Å². The lowest BCUT2D eigenvalue weighted by Crippen LogP contribution is -2.36.